The van der Waals surface area contributed by atoms with Crippen LogP contribution in [0.2, 0.25) is 0 Å². The second kappa shape index (κ2) is 7.07. The van der Waals surface area contributed by atoms with Crippen molar-refractivity contribution in [2.45, 2.75) is 19.8 Å². The quantitative estimate of drug-likeness (QED) is 0.784. The summed E-state index contributed by atoms with van der Waals surface area (Å²) < 4.78 is 11.0. The van der Waals surface area contributed by atoms with Gasteiger partial charge in [-0.25, -0.2) is 0 Å². The molecule has 1 aromatic rings. The molecule has 1 aromatic carbocycles. The van der Waals surface area contributed by atoms with E-state index in [4.69, 9.17) is 9.47 Å². The van der Waals surface area contributed by atoms with E-state index in [2.05, 4.69) is 30.5 Å². The van der Waals surface area contributed by atoms with Crippen LogP contribution in [0.3, 0.4) is 0 Å². The Kier molecular flexibility index (Phi) is 5.09. The van der Waals surface area contributed by atoms with Crippen LogP contribution in [-0.2, 0) is 0 Å². The number of benzene rings is 1. The first-order valence-electron chi connectivity index (χ1n) is 6.67. The van der Waals surface area contributed by atoms with E-state index in [-0.39, 0.29) is 0 Å². The van der Waals surface area contributed by atoms with E-state index in [1.165, 1.54) is 6.42 Å². The SMILES string of the molecule is CCCNCCC=Cc1ccc2c(c1)OCCO2. The van der Waals surface area contributed by atoms with Crippen LogP contribution in [0.5, 0.6) is 11.5 Å². The van der Waals surface area contributed by atoms with Gasteiger partial charge in [0.15, 0.2) is 11.5 Å². The highest BCUT2D eigenvalue weighted by molar-refractivity contribution is 5.56. The summed E-state index contributed by atoms with van der Waals surface area (Å²) in [6.45, 7) is 5.59. The maximum atomic E-state index is 5.55. The lowest BCUT2D eigenvalue weighted by Crippen LogP contribution is -2.15. The Morgan fingerprint density at radius 1 is 1.17 bits per heavy atom. The lowest BCUT2D eigenvalue weighted by molar-refractivity contribution is 0.171. The fourth-order valence-corrected chi connectivity index (χ4v) is 1.87. The van der Waals surface area contributed by atoms with Crippen LogP contribution in [0.15, 0.2) is 24.3 Å². The molecule has 2 rings (SSSR count). The number of hydrogen-bond donors (Lipinski definition) is 1. The van der Waals surface area contributed by atoms with Crippen molar-refractivity contribution >= 4 is 6.08 Å². The molecule has 0 radical (unpaired) electrons. The molecule has 0 aliphatic carbocycles. The lowest BCUT2D eigenvalue weighted by Gasteiger charge is -2.18. The Balaban J connectivity index is 1.83. The molecule has 0 atom stereocenters. The van der Waals surface area contributed by atoms with Gasteiger partial charge >= 0.3 is 0 Å². The summed E-state index contributed by atoms with van der Waals surface area (Å²) in [5, 5.41) is 3.38. The highest BCUT2D eigenvalue weighted by Crippen LogP contribution is 2.31. The van der Waals surface area contributed by atoms with Crippen molar-refractivity contribution in [3.8, 4) is 11.5 Å². The van der Waals surface area contributed by atoms with E-state index in [0.717, 1.165) is 36.6 Å². The smallest absolute Gasteiger partial charge is 0.161 e. The zero-order valence-corrected chi connectivity index (χ0v) is 10.9. The number of rotatable bonds is 6. The van der Waals surface area contributed by atoms with Crippen LogP contribution in [0.4, 0.5) is 0 Å². The third-order valence-electron chi connectivity index (χ3n) is 2.79. The Bertz CT molecular complexity index is 401. The van der Waals surface area contributed by atoms with Crippen molar-refractivity contribution < 1.29 is 9.47 Å². The topological polar surface area (TPSA) is 30.5 Å². The molecule has 18 heavy (non-hydrogen) atoms. The van der Waals surface area contributed by atoms with Gasteiger partial charge in [-0.2, -0.15) is 0 Å². The van der Waals surface area contributed by atoms with Gasteiger partial charge in [0.25, 0.3) is 0 Å². The molecule has 0 spiro atoms. The summed E-state index contributed by atoms with van der Waals surface area (Å²) in [7, 11) is 0. The first kappa shape index (κ1) is 13.0. The van der Waals surface area contributed by atoms with Gasteiger partial charge in [-0.3, -0.25) is 0 Å². The van der Waals surface area contributed by atoms with Gasteiger partial charge in [0, 0.05) is 0 Å². The predicted octanol–water partition coefficient (Wildman–Crippen LogP) is 2.86. The van der Waals surface area contributed by atoms with Gasteiger partial charge in [-0.05, 0) is 43.6 Å². The normalized spacial score (nSPS) is 14.1. The maximum absolute atomic E-state index is 5.55. The fraction of sp³-hybridized carbons (Fsp3) is 0.467. The van der Waals surface area contributed by atoms with E-state index in [9.17, 15) is 0 Å². The summed E-state index contributed by atoms with van der Waals surface area (Å²) in [5.74, 6) is 1.70. The summed E-state index contributed by atoms with van der Waals surface area (Å²) in [5.41, 5.74) is 1.16. The van der Waals surface area contributed by atoms with Crippen molar-refractivity contribution in [2.75, 3.05) is 26.3 Å². The third-order valence-corrected chi connectivity index (χ3v) is 2.79. The van der Waals surface area contributed by atoms with Crippen molar-refractivity contribution in [3.63, 3.8) is 0 Å². The first-order chi connectivity index (χ1) is 8.90. The second-order valence-electron chi connectivity index (χ2n) is 4.34. The monoisotopic (exact) mass is 247 g/mol. The molecule has 0 bridgehead atoms. The Hall–Kier alpha value is -1.48. The van der Waals surface area contributed by atoms with E-state index < -0.39 is 0 Å². The number of fused-ring (bicyclic) bond motifs is 1. The highest BCUT2D eigenvalue weighted by atomic mass is 16.6. The van der Waals surface area contributed by atoms with Crippen LogP contribution < -0.4 is 14.8 Å². The summed E-state index contributed by atoms with van der Waals surface area (Å²) in [4.78, 5) is 0. The molecular weight excluding hydrogens is 226 g/mol. The Morgan fingerprint density at radius 3 is 2.83 bits per heavy atom. The largest absolute Gasteiger partial charge is 0.486 e. The average molecular weight is 247 g/mol. The van der Waals surface area contributed by atoms with Crippen LogP contribution in [-0.4, -0.2) is 26.3 Å². The molecule has 0 aromatic heterocycles. The first-order valence-corrected chi connectivity index (χ1v) is 6.67. The van der Waals surface area contributed by atoms with Gasteiger partial charge in [-0.15, -0.1) is 0 Å². The van der Waals surface area contributed by atoms with E-state index >= 15 is 0 Å². The van der Waals surface area contributed by atoms with Crippen LogP contribution >= 0.6 is 0 Å². The molecule has 3 heteroatoms. The van der Waals surface area contributed by atoms with Crippen LogP contribution in [0.1, 0.15) is 25.3 Å². The van der Waals surface area contributed by atoms with Gasteiger partial charge in [0.1, 0.15) is 13.2 Å². The van der Waals surface area contributed by atoms with Gasteiger partial charge in [-0.1, -0.05) is 25.1 Å². The summed E-state index contributed by atoms with van der Waals surface area (Å²) in [6, 6.07) is 6.07. The number of ether oxygens (including phenoxy) is 2. The van der Waals surface area contributed by atoms with Crippen molar-refractivity contribution in [2.24, 2.45) is 0 Å². The Morgan fingerprint density at radius 2 is 2.00 bits per heavy atom. The number of hydrogen-bond acceptors (Lipinski definition) is 3. The molecule has 1 heterocycles. The number of nitrogens with one attached hydrogen (secondary N) is 1. The molecule has 0 saturated heterocycles. The molecular formula is C15H21NO2. The maximum Gasteiger partial charge on any atom is 0.161 e. The molecule has 1 aliphatic rings. The zero-order chi connectivity index (χ0) is 12.6. The van der Waals surface area contributed by atoms with E-state index in [0.29, 0.717) is 13.2 Å². The van der Waals surface area contributed by atoms with Gasteiger partial charge < -0.3 is 14.8 Å². The zero-order valence-electron chi connectivity index (χ0n) is 10.9. The second-order valence-corrected chi connectivity index (χ2v) is 4.34. The average Bonchev–Trinajstić information content (AvgIpc) is 2.42. The van der Waals surface area contributed by atoms with Gasteiger partial charge in [0.05, 0.1) is 0 Å². The molecule has 0 unspecified atom stereocenters. The third kappa shape index (κ3) is 3.77. The standard InChI is InChI=1S/C15H21NO2/c1-2-8-16-9-4-3-5-13-6-7-14-15(12-13)18-11-10-17-14/h3,5-7,12,16H,2,4,8-11H2,1H3. The predicted molar refractivity (Wildman–Crippen MR) is 74.2 cm³/mol. The minimum atomic E-state index is 0.640. The fourth-order valence-electron chi connectivity index (χ4n) is 1.87. The van der Waals surface area contributed by atoms with Crippen molar-refractivity contribution in [1.29, 1.82) is 0 Å². The van der Waals surface area contributed by atoms with Gasteiger partial charge in [0.2, 0.25) is 0 Å². The molecule has 3 nitrogen and oxygen atoms in total. The van der Waals surface area contributed by atoms with E-state index in [1.807, 2.05) is 12.1 Å². The van der Waals surface area contributed by atoms with Crippen molar-refractivity contribution in [3.05, 3.63) is 29.8 Å². The van der Waals surface area contributed by atoms with Crippen molar-refractivity contribution in [1.82, 2.24) is 5.32 Å². The van der Waals surface area contributed by atoms with Crippen LogP contribution in [0, 0.1) is 0 Å². The molecule has 0 saturated carbocycles. The Labute approximate surface area is 109 Å². The van der Waals surface area contributed by atoms with Crippen LogP contribution in [0.25, 0.3) is 6.08 Å². The molecule has 1 N–H and O–H groups in total. The summed E-state index contributed by atoms with van der Waals surface area (Å²) >= 11 is 0. The molecule has 0 amide bonds. The summed E-state index contributed by atoms with van der Waals surface area (Å²) in [6.07, 6.45) is 6.56. The minimum absolute atomic E-state index is 0.640. The molecule has 0 fully saturated rings. The highest BCUT2D eigenvalue weighted by Gasteiger charge is 2.10. The lowest BCUT2D eigenvalue weighted by atomic mass is 10.1. The van der Waals surface area contributed by atoms with E-state index in [1.54, 1.807) is 0 Å². The minimum Gasteiger partial charge on any atom is -0.486 e. The molecule has 1 aliphatic heterocycles. The molecule has 98 valence electrons.